The van der Waals surface area contributed by atoms with E-state index >= 15 is 0 Å². The second kappa shape index (κ2) is 5.12. The lowest BCUT2D eigenvalue weighted by atomic mass is 9.92. The Balaban J connectivity index is 2.85. The summed E-state index contributed by atoms with van der Waals surface area (Å²) in [6.07, 6.45) is 0. The number of carboxylic acids is 1. The summed E-state index contributed by atoms with van der Waals surface area (Å²) in [5, 5.41) is 8.83. The number of rotatable bonds is 4. The van der Waals surface area contributed by atoms with Crippen LogP contribution >= 0.6 is 0 Å². The molecule has 3 nitrogen and oxygen atoms in total. The van der Waals surface area contributed by atoms with Crippen LogP contribution in [0.5, 0.6) is 0 Å². The van der Waals surface area contributed by atoms with Gasteiger partial charge in [-0.05, 0) is 17.0 Å². The van der Waals surface area contributed by atoms with Crippen LogP contribution in [0.3, 0.4) is 0 Å². The van der Waals surface area contributed by atoms with Crippen molar-refractivity contribution in [3.05, 3.63) is 35.4 Å². The topological polar surface area (TPSA) is 63.3 Å². The van der Waals surface area contributed by atoms with Gasteiger partial charge in [0.25, 0.3) is 0 Å². The highest BCUT2D eigenvalue weighted by Crippen LogP contribution is 2.21. The van der Waals surface area contributed by atoms with Crippen molar-refractivity contribution < 1.29 is 9.90 Å². The van der Waals surface area contributed by atoms with Gasteiger partial charge in [-0.15, -0.1) is 0 Å². The summed E-state index contributed by atoms with van der Waals surface area (Å²) in [6, 6.07) is 7.15. The Labute approximate surface area is 96.3 Å². The molecule has 16 heavy (non-hydrogen) atoms. The van der Waals surface area contributed by atoms with Gasteiger partial charge < -0.3 is 10.8 Å². The number of nitrogens with two attached hydrogens (primary N) is 1. The Hall–Kier alpha value is -1.35. The molecule has 0 heterocycles. The minimum atomic E-state index is -0.958. The Morgan fingerprint density at radius 2 is 1.56 bits per heavy atom. The molecule has 0 saturated carbocycles. The van der Waals surface area contributed by atoms with Gasteiger partial charge in [0, 0.05) is 5.92 Å². The second-order valence-corrected chi connectivity index (χ2v) is 4.47. The van der Waals surface area contributed by atoms with E-state index in [1.807, 2.05) is 31.2 Å². The Morgan fingerprint density at radius 3 is 1.94 bits per heavy atom. The van der Waals surface area contributed by atoms with Gasteiger partial charge in [-0.1, -0.05) is 45.0 Å². The molecule has 0 aromatic heterocycles. The molecule has 0 amide bonds. The first-order chi connectivity index (χ1) is 7.43. The second-order valence-electron chi connectivity index (χ2n) is 4.47. The number of hydrogen-bond donors (Lipinski definition) is 2. The van der Waals surface area contributed by atoms with E-state index in [0.29, 0.717) is 5.92 Å². The van der Waals surface area contributed by atoms with Crippen LogP contribution in [0.15, 0.2) is 24.3 Å². The van der Waals surface area contributed by atoms with Crippen LogP contribution < -0.4 is 5.73 Å². The first-order valence-electron chi connectivity index (χ1n) is 5.51. The van der Waals surface area contributed by atoms with Gasteiger partial charge in [0.1, 0.15) is 6.04 Å². The van der Waals surface area contributed by atoms with Gasteiger partial charge in [-0.2, -0.15) is 0 Å². The largest absolute Gasteiger partial charge is 0.480 e. The fraction of sp³-hybridized carbons (Fsp3) is 0.462. The lowest BCUT2D eigenvalue weighted by molar-refractivity contribution is -0.139. The molecule has 2 atom stereocenters. The maximum Gasteiger partial charge on any atom is 0.321 e. The molecule has 88 valence electrons. The van der Waals surface area contributed by atoms with Crippen LogP contribution in [-0.4, -0.2) is 17.1 Å². The van der Waals surface area contributed by atoms with Crippen LogP contribution in [0, 0.1) is 0 Å². The molecule has 0 fully saturated rings. The predicted octanol–water partition coefficient (Wildman–Crippen LogP) is 2.33. The molecule has 0 radical (unpaired) electrons. The van der Waals surface area contributed by atoms with E-state index in [1.54, 1.807) is 0 Å². The zero-order valence-electron chi connectivity index (χ0n) is 9.97. The third kappa shape index (κ3) is 2.83. The van der Waals surface area contributed by atoms with E-state index < -0.39 is 12.0 Å². The number of carboxylic acid groups (broad SMARTS) is 1. The summed E-state index contributed by atoms with van der Waals surface area (Å²) in [5.74, 6) is -0.642. The molecule has 3 N–H and O–H groups in total. The Morgan fingerprint density at radius 1 is 1.12 bits per heavy atom. The van der Waals surface area contributed by atoms with Crippen LogP contribution in [0.1, 0.15) is 43.7 Å². The third-order valence-corrected chi connectivity index (χ3v) is 2.95. The normalized spacial score (nSPS) is 14.8. The third-order valence-electron chi connectivity index (χ3n) is 2.95. The lowest BCUT2D eigenvalue weighted by Crippen LogP contribution is -2.35. The molecule has 0 aliphatic rings. The highest BCUT2D eigenvalue weighted by molar-refractivity contribution is 5.74. The summed E-state index contributed by atoms with van der Waals surface area (Å²) in [4.78, 5) is 10.8. The molecule has 0 aliphatic heterocycles. The SMILES string of the molecule is CC(C)c1ccc(C(C)C(N)C(=O)O)cc1. The van der Waals surface area contributed by atoms with Crippen LogP contribution in [0.25, 0.3) is 0 Å². The van der Waals surface area contributed by atoms with Crippen molar-refractivity contribution in [3.63, 3.8) is 0 Å². The quantitative estimate of drug-likeness (QED) is 0.820. The van der Waals surface area contributed by atoms with Crippen LogP contribution in [0.4, 0.5) is 0 Å². The Kier molecular flexibility index (Phi) is 4.07. The average molecular weight is 221 g/mol. The Bertz CT molecular complexity index is 357. The highest BCUT2D eigenvalue weighted by atomic mass is 16.4. The van der Waals surface area contributed by atoms with Crippen molar-refractivity contribution in [3.8, 4) is 0 Å². The fourth-order valence-electron chi connectivity index (χ4n) is 1.61. The minimum absolute atomic E-state index is 0.168. The predicted molar refractivity (Wildman–Crippen MR) is 64.6 cm³/mol. The van der Waals surface area contributed by atoms with Crippen molar-refractivity contribution in [2.24, 2.45) is 5.73 Å². The van der Waals surface area contributed by atoms with E-state index in [1.165, 1.54) is 5.56 Å². The zero-order valence-corrected chi connectivity index (χ0v) is 9.97. The summed E-state index contributed by atoms with van der Waals surface area (Å²) in [5.41, 5.74) is 7.81. The molecule has 0 saturated heterocycles. The monoisotopic (exact) mass is 221 g/mol. The minimum Gasteiger partial charge on any atom is -0.480 e. The average Bonchev–Trinajstić information content (AvgIpc) is 2.27. The number of carbonyl (C=O) groups is 1. The molecule has 0 spiro atoms. The summed E-state index contributed by atoms with van der Waals surface area (Å²) >= 11 is 0. The summed E-state index contributed by atoms with van der Waals surface area (Å²) < 4.78 is 0. The van der Waals surface area contributed by atoms with Gasteiger partial charge in [-0.3, -0.25) is 4.79 Å². The van der Waals surface area contributed by atoms with E-state index in [9.17, 15) is 4.79 Å². The van der Waals surface area contributed by atoms with Crippen molar-refractivity contribution in [1.29, 1.82) is 0 Å². The van der Waals surface area contributed by atoms with Gasteiger partial charge >= 0.3 is 5.97 Å². The fourth-order valence-corrected chi connectivity index (χ4v) is 1.61. The lowest BCUT2D eigenvalue weighted by Gasteiger charge is -2.17. The maximum absolute atomic E-state index is 10.8. The molecular formula is C13H19NO2. The summed E-state index contributed by atoms with van der Waals surface area (Å²) in [6.45, 7) is 6.09. The van der Waals surface area contributed by atoms with Gasteiger partial charge in [0.05, 0.1) is 0 Å². The zero-order chi connectivity index (χ0) is 12.3. The van der Waals surface area contributed by atoms with Crippen LogP contribution in [-0.2, 0) is 4.79 Å². The molecule has 2 unspecified atom stereocenters. The number of aliphatic carboxylic acids is 1. The van der Waals surface area contributed by atoms with Gasteiger partial charge in [0.2, 0.25) is 0 Å². The van der Waals surface area contributed by atoms with Gasteiger partial charge in [-0.25, -0.2) is 0 Å². The van der Waals surface area contributed by atoms with E-state index in [-0.39, 0.29) is 5.92 Å². The first kappa shape index (κ1) is 12.7. The number of benzene rings is 1. The maximum atomic E-state index is 10.8. The molecule has 3 heteroatoms. The van der Waals surface area contributed by atoms with Crippen LogP contribution in [0.2, 0.25) is 0 Å². The molecule has 1 aromatic rings. The van der Waals surface area contributed by atoms with E-state index in [4.69, 9.17) is 10.8 Å². The van der Waals surface area contributed by atoms with E-state index in [2.05, 4.69) is 13.8 Å². The standard InChI is InChI=1S/C13H19NO2/c1-8(2)10-4-6-11(7-5-10)9(3)12(14)13(15)16/h4-9,12H,14H2,1-3H3,(H,15,16). The number of hydrogen-bond acceptors (Lipinski definition) is 2. The van der Waals surface area contributed by atoms with Crippen molar-refractivity contribution in [2.75, 3.05) is 0 Å². The summed E-state index contributed by atoms with van der Waals surface area (Å²) in [7, 11) is 0. The smallest absolute Gasteiger partial charge is 0.321 e. The molecular weight excluding hydrogens is 202 g/mol. The van der Waals surface area contributed by atoms with Crippen molar-refractivity contribution in [2.45, 2.75) is 38.6 Å². The first-order valence-corrected chi connectivity index (χ1v) is 5.51. The highest BCUT2D eigenvalue weighted by Gasteiger charge is 2.21. The van der Waals surface area contributed by atoms with E-state index in [0.717, 1.165) is 5.56 Å². The molecule has 0 aliphatic carbocycles. The van der Waals surface area contributed by atoms with Gasteiger partial charge in [0.15, 0.2) is 0 Å². The van der Waals surface area contributed by atoms with Crippen molar-refractivity contribution >= 4 is 5.97 Å². The molecule has 0 bridgehead atoms. The van der Waals surface area contributed by atoms with Crippen molar-refractivity contribution in [1.82, 2.24) is 0 Å². The molecule has 1 rings (SSSR count). The molecule has 1 aromatic carbocycles.